The molecule has 0 saturated carbocycles. The summed E-state index contributed by atoms with van der Waals surface area (Å²) >= 11 is 8.01. The second-order valence-electron chi connectivity index (χ2n) is 3.13. The number of hydrogen-bond acceptors (Lipinski definition) is 2. The Bertz CT molecular complexity index is 424. The SMILES string of the molecule is COc1ccsc1C(Cl)c1ccccc1. The molecule has 0 amide bonds. The first kappa shape index (κ1) is 10.5. The highest BCUT2D eigenvalue weighted by molar-refractivity contribution is 7.10. The summed E-state index contributed by atoms with van der Waals surface area (Å²) in [5.41, 5.74) is 1.10. The summed E-state index contributed by atoms with van der Waals surface area (Å²) in [6.07, 6.45) is 0. The Labute approximate surface area is 98.3 Å². The molecule has 0 spiro atoms. The predicted octanol–water partition coefficient (Wildman–Crippen LogP) is 4.08. The number of alkyl halides is 1. The molecule has 1 aromatic carbocycles. The molecule has 0 saturated heterocycles. The Kier molecular flexibility index (Phi) is 3.29. The van der Waals surface area contributed by atoms with Crippen molar-refractivity contribution in [1.82, 2.24) is 0 Å². The van der Waals surface area contributed by atoms with Gasteiger partial charge in [-0.05, 0) is 17.0 Å². The molecular formula is C12H11ClOS. The zero-order valence-electron chi connectivity index (χ0n) is 8.31. The van der Waals surface area contributed by atoms with E-state index in [1.54, 1.807) is 18.4 Å². The van der Waals surface area contributed by atoms with Crippen LogP contribution in [0.5, 0.6) is 5.75 Å². The molecule has 15 heavy (non-hydrogen) atoms. The number of ether oxygens (including phenoxy) is 1. The Morgan fingerprint density at radius 3 is 2.60 bits per heavy atom. The first-order valence-corrected chi connectivity index (χ1v) is 5.95. The van der Waals surface area contributed by atoms with E-state index in [1.165, 1.54) is 0 Å². The van der Waals surface area contributed by atoms with Crippen LogP contribution in [0.2, 0.25) is 0 Å². The van der Waals surface area contributed by atoms with E-state index in [4.69, 9.17) is 16.3 Å². The summed E-state index contributed by atoms with van der Waals surface area (Å²) in [5.74, 6) is 0.865. The number of thiophene rings is 1. The molecule has 0 bridgehead atoms. The minimum Gasteiger partial charge on any atom is -0.496 e. The third kappa shape index (κ3) is 2.16. The number of benzene rings is 1. The highest BCUT2D eigenvalue weighted by atomic mass is 35.5. The van der Waals surface area contributed by atoms with Crippen LogP contribution in [0, 0.1) is 0 Å². The highest BCUT2D eigenvalue weighted by Gasteiger charge is 2.16. The van der Waals surface area contributed by atoms with Crippen molar-refractivity contribution in [3.05, 3.63) is 52.2 Å². The molecular weight excluding hydrogens is 228 g/mol. The molecule has 0 aliphatic carbocycles. The van der Waals surface area contributed by atoms with Gasteiger partial charge >= 0.3 is 0 Å². The fourth-order valence-electron chi connectivity index (χ4n) is 1.44. The van der Waals surface area contributed by atoms with Crippen molar-refractivity contribution in [3.8, 4) is 5.75 Å². The number of methoxy groups -OCH3 is 1. The van der Waals surface area contributed by atoms with Crippen molar-refractivity contribution in [1.29, 1.82) is 0 Å². The maximum absolute atomic E-state index is 6.39. The van der Waals surface area contributed by atoms with Gasteiger partial charge in [0.2, 0.25) is 0 Å². The lowest BCUT2D eigenvalue weighted by Gasteiger charge is -2.09. The Morgan fingerprint density at radius 1 is 1.20 bits per heavy atom. The lowest BCUT2D eigenvalue weighted by atomic mass is 10.1. The van der Waals surface area contributed by atoms with E-state index in [0.29, 0.717) is 0 Å². The Hall–Kier alpha value is -0.990. The number of rotatable bonds is 3. The first-order valence-electron chi connectivity index (χ1n) is 4.63. The summed E-state index contributed by atoms with van der Waals surface area (Å²) in [4.78, 5) is 1.06. The van der Waals surface area contributed by atoms with Crippen LogP contribution in [0.25, 0.3) is 0 Å². The molecule has 1 nitrogen and oxygen atoms in total. The highest BCUT2D eigenvalue weighted by Crippen LogP contribution is 2.38. The van der Waals surface area contributed by atoms with Gasteiger partial charge < -0.3 is 4.74 Å². The summed E-state index contributed by atoms with van der Waals surface area (Å²) in [5, 5.41) is 1.87. The van der Waals surface area contributed by atoms with Gasteiger partial charge in [0.15, 0.2) is 0 Å². The van der Waals surface area contributed by atoms with Gasteiger partial charge in [-0.2, -0.15) is 0 Å². The van der Waals surface area contributed by atoms with Crippen LogP contribution < -0.4 is 4.74 Å². The minimum atomic E-state index is -0.124. The minimum absolute atomic E-state index is 0.124. The maximum atomic E-state index is 6.39. The average Bonchev–Trinajstić information content (AvgIpc) is 2.77. The monoisotopic (exact) mass is 238 g/mol. The van der Waals surface area contributed by atoms with Gasteiger partial charge in [0.25, 0.3) is 0 Å². The number of hydrogen-bond donors (Lipinski definition) is 0. The smallest absolute Gasteiger partial charge is 0.134 e. The average molecular weight is 239 g/mol. The molecule has 0 fully saturated rings. The van der Waals surface area contributed by atoms with Crippen LogP contribution in [0.4, 0.5) is 0 Å². The zero-order chi connectivity index (χ0) is 10.7. The Balaban J connectivity index is 2.32. The van der Waals surface area contributed by atoms with E-state index in [9.17, 15) is 0 Å². The zero-order valence-corrected chi connectivity index (χ0v) is 9.89. The van der Waals surface area contributed by atoms with Crippen molar-refractivity contribution in [2.45, 2.75) is 5.38 Å². The molecule has 78 valence electrons. The van der Waals surface area contributed by atoms with Crippen LogP contribution in [0.3, 0.4) is 0 Å². The van der Waals surface area contributed by atoms with E-state index in [1.807, 2.05) is 41.8 Å². The van der Waals surface area contributed by atoms with Crippen LogP contribution in [-0.4, -0.2) is 7.11 Å². The largest absolute Gasteiger partial charge is 0.496 e. The molecule has 0 aliphatic rings. The van der Waals surface area contributed by atoms with Crippen molar-refractivity contribution in [2.24, 2.45) is 0 Å². The topological polar surface area (TPSA) is 9.23 Å². The van der Waals surface area contributed by atoms with E-state index < -0.39 is 0 Å². The Morgan fingerprint density at radius 2 is 1.93 bits per heavy atom. The molecule has 1 unspecified atom stereocenters. The quantitative estimate of drug-likeness (QED) is 0.732. The normalized spacial score (nSPS) is 12.4. The van der Waals surface area contributed by atoms with Gasteiger partial charge in [-0.25, -0.2) is 0 Å². The fourth-order valence-corrected chi connectivity index (χ4v) is 2.70. The molecule has 0 N–H and O–H groups in total. The molecule has 3 heteroatoms. The third-order valence-electron chi connectivity index (χ3n) is 2.20. The van der Waals surface area contributed by atoms with E-state index in [-0.39, 0.29) is 5.38 Å². The summed E-state index contributed by atoms with van der Waals surface area (Å²) in [7, 11) is 1.67. The molecule has 1 atom stereocenters. The molecule has 0 radical (unpaired) electrons. The second-order valence-corrected chi connectivity index (χ2v) is 4.51. The molecule has 2 rings (SSSR count). The van der Waals surface area contributed by atoms with Crippen LogP contribution in [-0.2, 0) is 0 Å². The van der Waals surface area contributed by atoms with Crippen molar-refractivity contribution in [3.63, 3.8) is 0 Å². The standard InChI is InChI=1S/C12H11ClOS/c1-14-10-7-8-15-12(10)11(13)9-5-3-2-4-6-9/h2-8,11H,1H3. The lowest BCUT2D eigenvalue weighted by Crippen LogP contribution is -1.92. The molecule has 2 aromatic rings. The third-order valence-corrected chi connectivity index (χ3v) is 3.76. The summed E-state index contributed by atoms with van der Waals surface area (Å²) in [6.45, 7) is 0. The van der Waals surface area contributed by atoms with E-state index in [2.05, 4.69) is 0 Å². The van der Waals surface area contributed by atoms with Crippen molar-refractivity contribution in [2.75, 3.05) is 7.11 Å². The molecule has 0 aliphatic heterocycles. The second kappa shape index (κ2) is 4.69. The molecule has 1 heterocycles. The van der Waals surface area contributed by atoms with Crippen molar-refractivity contribution < 1.29 is 4.74 Å². The van der Waals surface area contributed by atoms with Crippen LogP contribution in [0.1, 0.15) is 15.8 Å². The van der Waals surface area contributed by atoms with Gasteiger partial charge in [-0.1, -0.05) is 30.3 Å². The van der Waals surface area contributed by atoms with Crippen LogP contribution in [0.15, 0.2) is 41.8 Å². The van der Waals surface area contributed by atoms with Gasteiger partial charge in [0.05, 0.1) is 17.4 Å². The van der Waals surface area contributed by atoms with Crippen molar-refractivity contribution >= 4 is 22.9 Å². The fraction of sp³-hybridized carbons (Fsp3) is 0.167. The van der Waals surface area contributed by atoms with E-state index in [0.717, 1.165) is 16.2 Å². The maximum Gasteiger partial charge on any atom is 0.134 e. The van der Waals surface area contributed by atoms with E-state index >= 15 is 0 Å². The van der Waals surface area contributed by atoms with Gasteiger partial charge in [0, 0.05) is 0 Å². The predicted molar refractivity (Wildman–Crippen MR) is 65.0 cm³/mol. The summed E-state index contributed by atoms with van der Waals surface area (Å²) < 4.78 is 5.25. The van der Waals surface area contributed by atoms with Gasteiger partial charge in [0.1, 0.15) is 5.75 Å². The van der Waals surface area contributed by atoms with Gasteiger partial charge in [-0.15, -0.1) is 22.9 Å². The number of halogens is 1. The van der Waals surface area contributed by atoms with Crippen LogP contribution >= 0.6 is 22.9 Å². The summed E-state index contributed by atoms with van der Waals surface area (Å²) in [6, 6.07) is 12.0. The first-order chi connectivity index (χ1) is 7.33. The lowest BCUT2D eigenvalue weighted by molar-refractivity contribution is 0.413. The van der Waals surface area contributed by atoms with Gasteiger partial charge in [-0.3, -0.25) is 0 Å². The molecule has 1 aromatic heterocycles.